The van der Waals surface area contributed by atoms with Crippen molar-refractivity contribution in [1.82, 2.24) is 14.4 Å². The molecule has 0 saturated carbocycles. The highest BCUT2D eigenvalue weighted by Gasteiger charge is 2.28. The molecule has 5 rings (SSSR count). The van der Waals surface area contributed by atoms with E-state index in [0.29, 0.717) is 37.3 Å². The summed E-state index contributed by atoms with van der Waals surface area (Å²) in [5.74, 6) is -0.372. The molecule has 1 fully saturated rings. The highest BCUT2D eigenvalue weighted by atomic mass is 19.1. The number of carbonyl (C=O) groups excluding carboxylic acids is 2. The molecule has 0 atom stereocenters. The summed E-state index contributed by atoms with van der Waals surface area (Å²) >= 11 is 0. The lowest BCUT2D eigenvalue weighted by molar-refractivity contribution is 0.0535. The van der Waals surface area contributed by atoms with E-state index in [1.807, 2.05) is 84.0 Å². The van der Waals surface area contributed by atoms with Crippen LogP contribution in [-0.2, 0) is 0 Å². The van der Waals surface area contributed by atoms with Crippen molar-refractivity contribution in [3.05, 3.63) is 113 Å². The highest BCUT2D eigenvalue weighted by Crippen LogP contribution is 2.30. The molecule has 2 heterocycles. The van der Waals surface area contributed by atoms with Crippen LogP contribution in [0.15, 0.2) is 84.9 Å². The van der Waals surface area contributed by atoms with Crippen molar-refractivity contribution < 1.29 is 14.0 Å². The van der Waals surface area contributed by atoms with Crippen molar-refractivity contribution in [2.24, 2.45) is 0 Å². The molecule has 2 amide bonds. The van der Waals surface area contributed by atoms with Gasteiger partial charge in [0.1, 0.15) is 5.82 Å². The third-order valence-electron chi connectivity index (χ3n) is 6.78. The van der Waals surface area contributed by atoms with Crippen LogP contribution >= 0.6 is 0 Å². The second-order valence-electron chi connectivity index (χ2n) is 9.16. The van der Waals surface area contributed by atoms with E-state index in [9.17, 15) is 14.0 Å². The number of amides is 2. The Balaban J connectivity index is 1.40. The SMILES string of the molecule is Cc1ccc(C(=O)N2CCN(C(=O)c3cc(-c4ccc(F)cc4)n(-c4ccccc4)c3C)CC2)cc1. The fraction of sp³-hybridized carbons (Fsp3) is 0.200. The van der Waals surface area contributed by atoms with Gasteiger partial charge >= 0.3 is 0 Å². The molecule has 1 saturated heterocycles. The lowest BCUT2D eigenvalue weighted by Crippen LogP contribution is -2.50. The van der Waals surface area contributed by atoms with Gasteiger partial charge in [0.2, 0.25) is 0 Å². The van der Waals surface area contributed by atoms with E-state index in [0.717, 1.165) is 28.2 Å². The van der Waals surface area contributed by atoms with Gasteiger partial charge in [0.15, 0.2) is 0 Å². The lowest BCUT2D eigenvalue weighted by atomic mass is 10.1. The summed E-state index contributed by atoms with van der Waals surface area (Å²) in [7, 11) is 0. The Hall–Kier alpha value is -4.19. The Morgan fingerprint density at radius 2 is 1.31 bits per heavy atom. The molecule has 36 heavy (non-hydrogen) atoms. The second-order valence-corrected chi connectivity index (χ2v) is 9.16. The average Bonchev–Trinajstić information content (AvgIpc) is 3.26. The van der Waals surface area contributed by atoms with Crippen LogP contribution in [0, 0.1) is 19.7 Å². The third kappa shape index (κ3) is 4.54. The standard InChI is InChI=1S/C30H28FN3O2/c1-21-8-10-24(11-9-21)29(35)32-16-18-33(19-17-32)30(36)27-20-28(23-12-14-25(31)15-13-23)34(22(27)2)26-6-4-3-5-7-26/h3-15,20H,16-19H2,1-2H3. The van der Waals surface area contributed by atoms with Crippen LogP contribution in [-0.4, -0.2) is 52.4 Å². The van der Waals surface area contributed by atoms with Crippen LogP contribution in [0.5, 0.6) is 0 Å². The Morgan fingerprint density at radius 3 is 1.92 bits per heavy atom. The smallest absolute Gasteiger partial charge is 0.255 e. The van der Waals surface area contributed by atoms with Crippen molar-refractivity contribution in [2.75, 3.05) is 26.2 Å². The molecule has 0 aliphatic carbocycles. The number of piperazine rings is 1. The van der Waals surface area contributed by atoms with E-state index in [2.05, 4.69) is 0 Å². The second kappa shape index (κ2) is 9.82. The Kier molecular flexibility index (Phi) is 6.42. The average molecular weight is 482 g/mol. The Morgan fingerprint density at radius 1 is 0.722 bits per heavy atom. The molecule has 1 aliphatic rings. The summed E-state index contributed by atoms with van der Waals surface area (Å²) in [6.45, 7) is 5.84. The van der Waals surface area contributed by atoms with Crippen LogP contribution in [0.4, 0.5) is 4.39 Å². The normalized spacial score (nSPS) is 13.6. The van der Waals surface area contributed by atoms with Crippen molar-refractivity contribution in [1.29, 1.82) is 0 Å². The molecular weight excluding hydrogens is 453 g/mol. The van der Waals surface area contributed by atoms with Gasteiger partial charge in [-0.05, 0) is 74.0 Å². The summed E-state index contributed by atoms with van der Waals surface area (Å²) in [6.07, 6.45) is 0. The molecule has 1 aliphatic heterocycles. The molecule has 5 nitrogen and oxygen atoms in total. The number of aromatic nitrogens is 1. The van der Waals surface area contributed by atoms with Crippen molar-refractivity contribution in [2.45, 2.75) is 13.8 Å². The Bertz CT molecular complexity index is 1380. The maximum atomic E-state index is 13.6. The van der Waals surface area contributed by atoms with Crippen LogP contribution in [0.25, 0.3) is 16.9 Å². The number of nitrogens with zero attached hydrogens (tertiary/aromatic N) is 3. The van der Waals surface area contributed by atoms with Gasteiger partial charge in [0.05, 0.1) is 11.3 Å². The summed E-state index contributed by atoms with van der Waals surface area (Å²) in [4.78, 5) is 30.1. The van der Waals surface area contributed by atoms with Gasteiger partial charge in [-0.25, -0.2) is 4.39 Å². The maximum absolute atomic E-state index is 13.6. The van der Waals surface area contributed by atoms with E-state index in [1.54, 1.807) is 17.0 Å². The predicted octanol–water partition coefficient (Wildman–Crippen LogP) is 5.50. The van der Waals surface area contributed by atoms with Gasteiger partial charge in [-0.1, -0.05) is 35.9 Å². The van der Waals surface area contributed by atoms with Gasteiger partial charge in [-0.2, -0.15) is 0 Å². The largest absolute Gasteiger partial charge is 0.335 e. The molecule has 0 N–H and O–H groups in total. The summed E-state index contributed by atoms with van der Waals surface area (Å²) < 4.78 is 15.6. The first-order valence-electron chi connectivity index (χ1n) is 12.1. The number of para-hydroxylation sites is 1. The highest BCUT2D eigenvalue weighted by molar-refractivity contribution is 5.98. The molecular formula is C30H28FN3O2. The molecule has 0 unspecified atom stereocenters. The molecule has 0 radical (unpaired) electrons. The zero-order chi connectivity index (χ0) is 25.2. The molecule has 6 heteroatoms. The molecule has 3 aromatic carbocycles. The van der Waals surface area contributed by atoms with Gasteiger partial charge in [0.25, 0.3) is 11.8 Å². The third-order valence-corrected chi connectivity index (χ3v) is 6.78. The van der Waals surface area contributed by atoms with Crippen LogP contribution < -0.4 is 0 Å². The predicted molar refractivity (Wildman–Crippen MR) is 139 cm³/mol. The number of hydrogen-bond donors (Lipinski definition) is 0. The lowest BCUT2D eigenvalue weighted by Gasteiger charge is -2.35. The summed E-state index contributed by atoms with van der Waals surface area (Å²) in [5.41, 5.74) is 5.80. The van der Waals surface area contributed by atoms with Gasteiger partial charge < -0.3 is 14.4 Å². The van der Waals surface area contributed by atoms with E-state index in [-0.39, 0.29) is 17.6 Å². The van der Waals surface area contributed by atoms with Crippen molar-refractivity contribution in [3.8, 4) is 16.9 Å². The van der Waals surface area contributed by atoms with Gasteiger partial charge in [-0.3, -0.25) is 9.59 Å². The molecule has 1 aromatic heterocycles. The molecule has 182 valence electrons. The molecule has 0 bridgehead atoms. The van der Waals surface area contributed by atoms with Gasteiger partial charge in [-0.15, -0.1) is 0 Å². The minimum atomic E-state index is -0.303. The Labute approximate surface area is 210 Å². The fourth-order valence-electron chi connectivity index (χ4n) is 4.73. The topological polar surface area (TPSA) is 45.6 Å². The first kappa shape index (κ1) is 23.5. The van der Waals surface area contributed by atoms with E-state index < -0.39 is 0 Å². The van der Waals surface area contributed by atoms with E-state index in [1.165, 1.54) is 12.1 Å². The van der Waals surface area contributed by atoms with Gasteiger partial charge in [0, 0.05) is 43.1 Å². The number of rotatable bonds is 4. The number of aryl methyl sites for hydroxylation is 1. The molecule has 4 aromatic rings. The minimum absolute atomic E-state index is 0.00731. The quantitative estimate of drug-likeness (QED) is 0.387. The fourth-order valence-corrected chi connectivity index (χ4v) is 4.73. The first-order chi connectivity index (χ1) is 17.4. The van der Waals surface area contributed by atoms with Crippen LogP contribution in [0.1, 0.15) is 32.0 Å². The first-order valence-corrected chi connectivity index (χ1v) is 12.1. The zero-order valence-corrected chi connectivity index (χ0v) is 20.4. The monoisotopic (exact) mass is 481 g/mol. The van der Waals surface area contributed by atoms with Crippen molar-refractivity contribution >= 4 is 11.8 Å². The number of hydrogen-bond acceptors (Lipinski definition) is 2. The number of carbonyl (C=O) groups is 2. The number of benzene rings is 3. The van der Waals surface area contributed by atoms with Crippen LogP contribution in [0.2, 0.25) is 0 Å². The summed E-state index contributed by atoms with van der Waals surface area (Å²) in [6, 6.07) is 25.6. The van der Waals surface area contributed by atoms with E-state index in [4.69, 9.17) is 0 Å². The zero-order valence-electron chi connectivity index (χ0n) is 20.4. The van der Waals surface area contributed by atoms with E-state index >= 15 is 0 Å². The van der Waals surface area contributed by atoms with Crippen LogP contribution in [0.3, 0.4) is 0 Å². The summed E-state index contributed by atoms with van der Waals surface area (Å²) in [5, 5.41) is 0. The van der Waals surface area contributed by atoms with Crippen molar-refractivity contribution in [3.63, 3.8) is 0 Å². The minimum Gasteiger partial charge on any atom is -0.335 e. The number of halogens is 1. The maximum Gasteiger partial charge on any atom is 0.255 e. The molecule has 0 spiro atoms.